The van der Waals surface area contributed by atoms with Crippen LogP contribution in [0.25, 0.3) is 0 Å². The predicted molar refractivity (Wildman–Crippen MR) is 73.4 cm³/mol. The molecule has 0 aromatic rings. The highest BCUT2D eigenvalue weighted by Crippen LogP contribution is 2.31. The summed E-state index contributed by atoms with van der Waals surface area (Å²) in [6, 6.07) is 0. The lowest BCUT2D eigenvalue weighted by Crippen LogP contribution is -2.51. The SMILES string of the molecule is CCCC(O)CNC(=O)C1(CCC)CCCNC1. The van der Waals surface area contributed by atoms with Gasteiger partial charge in [-0.2, -0.15) is 0 Å². The van der Waals surface area contributed by atoms with Gasteiger partial charge in [0.25, 0.3) is 0 Å². The van der Waals surface area contributed by atoms with Crippen LogP contribution in [-0.4, -0.2) is 36.8 Å². The maximum absolute atomic E-state index is 12.4. The molecule has 18 heavy (non-hydrogen) atoms. The molecular weight excluding hydrogens is 228 g/mol. The first-order chi connectivity index (χ1) is 8.64. The van der Waals surface area contributed by atoms with Gasteiger partial charge in [-0.1, -0.05) is 26.7 Å². The van der Waals surface area contributed by atoms with E-state index >= 15 is 0 Å². The van der Waals surface area contributed by atoms with E-state index in [1.807, 2.05) is 6.92 Å². The number of amides is 1. The van der Waals surface area contributed by atoms with Gasteiger partial charge < -0.3 is 15.7 Å². The maximum atomic E-state index is 12.4. The second-order valence-corrected chi connectivity index (χ2v) is 5.46. The molecule has 1 amide bonds. The van der Waals surface area contributed by atoms with Crippen LogP contribution in [0.5, 0.6) is 0 Å². The minimum Gasteiger partial charge on any atom is -0.391 e. The molecule has 1 aliphatic rings. The largest absolute Gasteiger partial charge is 0.391 e. The third-order valence-corrected chi connectivity index (χ3v) is 3.80. The number of piperidine rings is 1. The van der Waals surface area contributed by atoms with Crippen molar-refractivity contribution in [2.75, 3.05) is 19.6 Å². The van der Waals surface area contributed by atoms with E-state index in [1.54, 1.807) is 0 Å². The van der Waals surface area contributed by atoms with Crippen molar-refractivity contribution in [3.05, 3.63) is 0 Å². The van der Waals surface area contributed by atoms with Gasteiger partial charge >= 0.3 is 0 Å². The molecule has 4 nitrogen and oxygen atoms in total. The van der Waals surface area contributed by atoms with Gasteiger partial charge in [0.1, 0.15) is 0 Å². The topological polar surface area (TPSA) is 61.4 Å². The predicted octanol–water partition coefficient (Wildman–Crippen LogP) is 1.43. The Morgan fingerprint density at radius 2 is 2.22 bits per heavy atom. The molecule has 1 saturated heterocycles. The molecule has 4 heteroatoms. The van der Waals surface area contributed by atoms with Crippen molar-refractivity contribution in [3.63, 3.8) is 0 Å². The number of aliphatic hydroxyl groups is 1. The number of rotatable bonds is 7. The molecule has 106 valence electrons. The van der Waals surface area contributed by atoms with E-state index in [1.165, 1.54) is 0 Å². The van der Waals surface area contributed by atoms with E-state index in [0.29, 0.717) is 6.54 Å². The fourth-order valence-corrected chi connectivity index (χ4v) is 2.80. The molecule has 3 N–H and O–H groups in total. The molecular formula is C14H28N2O2. The molecule has 1 heterocycles. The highest BCUT2D eigenvalue weighted by Gasteiger charge is 2.38. The summed E-state index contributed by atoms with van der Waals surface area (Å²) in [5, 5.41) is 15.9. The van der Waals surface area contributed by atoms with Crippen molar-refractivity contribution in [3.8, 4) is 0 Å². The Morgan fingerprint density at radius 1 is 1.44 bits per heavy atom. The Kier molecular flexibility index (Phi) is 6.65. The normalized spacial score (nSPS) is 25.7. The smallest absolute Gasteiger partial charge is 0.227 e. The van der Waals surface area contributed by atoms with Gasteiger partial charge in [-0.3, -0.25) is 4.79 Å². The third kappa shape index (κ3) is 4.25. The summed E-state index contributed by atoms with van der Waals surface area (Å²) in [7, 11) is 0. The van der Waals surface area contributed by atoms with E-state index in [4.69, 9.17) is 0 Å². The molecule has 0 saturated carbocycles. The van der Waals surface area contributed by atoms with Crippen LogP contribution in [0.15, 0.2) is 0 Å². The number of nitrogens with one attached hydrogen (secondary N) is 2. The monoisotopic (exact) mass is 256 g/mol. The van der Waals surface area contributed by atoms with Crippen molar-refractivity contribution in [1.29, 1.82) is 0 Å². The molecule has 1 rings (SSSR count). The fraction of sp³-hybridized carbons (Fsp3) is 0.929. The number of carbonyl (C=O) groups excluding carboxylic acids is 1. The van der Waals surface area contributed by atoms with Crippen LogP contribution >= 0.6 is 0 Å². The third-order valence-electron chi connectivity index (χ3n) is 3.80. The van der Waals surface area contributed by atoms with Crippen molar-refractivity contribution >= 4 is 5.91 Å². The minimum absolute atomic E-state index is 0.117. The Bertz CT molecular complexity index is 245. The summed E-state index contributed by atoms with van der Waals surface area (Å²) >= 11 is 0. The first-order valence-electron chi connectivity index (χ1n) is 7.31. The Balaban J connectivity index is 2.49. The highest BCUT2D eigenvalue weighted by atomic mass is 16.3. The Labute approximate surface area is 111 Å². The number of hydrogen-bond acceptors (Lipinski definition) is 3. The summed E-state index contributed by atoms with van der Waals surface area (Å²) < 4.78 is 0. The lowest BCUT2D eigenvalue weighted by atomic mass is 9.76. The summed E-state index contributed by atoms with van der Waals surface area (Å²) in [6.45, 7) is 6.33. The van der Waals surface area contributed by atoms with Gasteiger partial charge in [0, 0.05) is 13.1 Å². The molecule has 0 radical (unpaired) electrons. The van der Waals surface area contributed by atoms with Gasteiger partial charge in [-0.25, -0.2) is 0 Å². The molecule has 0 aromatic carbocycles. The average Bonchev–Trinajstić information content (AvgIpc) is 2.38. The van der Waals surface area contributed by atoms with Crippen LogP contribution in [-0.2, 0) is 4.79 Å². The first kappa shape index (κ1) is 15.4. The lowest BCUT2D eigenvalue weighted by Gasteiger charge is -2.36. The number of aliphatic hydroxyl groups excluding tert-OH is 1. The number of hydrogen-bond donors (Lipinski definition) is 3. The highest BCUT2D eigenvalue weighted by molar-refractivity contribution is 5.83. The maximum Gasteiger partial charge on any atom is 0.227 e. The van der Waals surface area contributed by atoms with Crippen molar-refractivity contribution in [2.45, 2.75) is 58.5 Å². The van der Waals surface area contributed by atoms with Crippen LogP contribution in [0.2, 0.25) is 0 Å². The molecule has 0 bridgehead atoms. The number of carbonyl (C=O) groups is 1. The second-order valence-electron chi connectivity index (χ2n) is 5.46. The van der Waals surface area contributed by atoms with Gasteiger partial charge in [0.05, 0.1) is 11.5 Å². The van der Waals surface area contributed by atoms with Crippen LogP contribution < -0.4 is 10.6 Å². The van der Waals surface area contributed by atoms with Crippen LogP contribution in [0, 0.1) is 5.41 Å². The molecule has 1 fully saturated rings. The quantitative estimate of drug-likeness (QED) is 0.646. The van der Waals surface area contributed by atoms with Gasteiger partial charge in [0.2, 0.25) is 5.91 Å². The molecule has 0 spiro atoms. The van der Waals surface area contributed by atoms with Crippen LogP contribution in [0.4, 0.5) is 0 Å². The Morgan fingerprint density at radius 3 is 2.78 bits per heavy atom. The standard InChI is InChI=1S/C14H28N2O2/c1-3-6-12(17)10-16-13(18)14(7-4-2)8-5-9-15-11-14/h12,15,17H,3-11H2,1-2H3,(H,16,18). The van der Waals surface area contributed by atoms with E-state index in [2.05, 4.69) is 17.6 Å². The van der Waals surface area contributed by atoms with E-state index in [9.17, 15) is 9.90 Å². The van der Waals surface area contributed by atoms with Gasteiger partial charge in [-0.15, -0.1) is 0 Å². The summed E-state index contributed by atoms with van der Waals surface area (Å²) in [5.41, 5.74) is -0.251. The van der Waals surface area contributed by atoms with Crippen molar-refractivity contribution < 1.29 is 9.90 Å². The zero-order valence-electron chi connectivity index (χ0n) is 11.8. The molecule has 0 aliphatic carbocycles. The molecule has 2 atom stereocenters. The van der Waals surface area contributed by atoms with Crippen molar-refractivity contribution in [1.82, 2.24) is 10.6 Å². The average molecular weight is 256 g/mol. The van der Waals surface area contributed by atoms with E-state index < -0.39 is 6.10 Å². The minimum atomic E-state index is -0.408. The van der Waals surface area contributed by atoms with Gasteiger partial charge in [-0.05, 0) is 32.2 Å². The van der Waals surface area contributed by atoms with Crippen LogP contribution in [0.1, 0.15) is 52.4 Å². The molecule has 2 unspecified atom stereocenters. The lowest BCUT2D eigenvalue weighted by molar-refractivity contribution is -0.133. The van der Waals surface area contributed by atoms with Crippen molar-refractivity contribution in [2.24, 2.45) is 5.41 Å². The summed E-state index contributed by atoms with van der Waals surface area (Å²) in [4.78, 5) is 12.4. The summed E-state index contributed by atoms with van der Waals surface area (Å²) in [6.07, 6.45) is 5.25. The molecule has 0 aromatic heterocycles. The zero-order chi connectivity index (χ0) is 13.4. The zero-order valence-corrected chi connectivity index (χ0v) is 11.8. The van der Waals surface area contributed by atoms with Crippen LogP contribution in [0.3, 0.4) is 0 Å². The van der Waals surface area contributed by atoms with E-state index in [0.717, 1.165) is 51.6 Å². The van der Waals surface area contributed by atoms with E-state index in [-0.39, 0.29) is 11.3 Å². The fourth-order valence-electron chi connectivity index (χ4n) is 2.80. The van der Waals surface area contributed by atoms with Gasteiger partial charge in [0.15, 0.2) is 0 Å². The summed E-state index contributed by atoms with van der Waals surface area (Å²) in [5.74, 6) is 0.117. The Hall–Kier alpha value is -0.610. The molecule has 1 aliphatic heterocycles. The first-order valence-corrected chi connectivity index (χ1v) is 7.31. The second kappa shape index (κ2) is 7.74.